The third-order valence-electron chi connectivity index (χ3n) is 5.68. The van der Waals surface area contributed by atoms with Crippen LogP contribution in [-0.4, -0.2) is 17.8 Å². The first kappa shape index (κ1) is 22.6. The van der Waals surface area contributed by atoms with Crippen LogP contribution in [0.3, 0.4) is 0 Å². The van der Waals surface area contributed by atoms with E-state index in [1.165, 1.54) is 0 Å². The predicted octanol–water partition coefficient (Wildman–Crippen LogP) is 4.75. The van der Waals surface area contributed by atoms with Crippen LogP contribution in [0.2, 0.25) is 0 Å². The van der Waals surface area contributed by atoms with Gasteiger partial charge in [0.15, 0.2) is 13.2 Å². The smallest absolute Gasteiger partial charge is 0.255 e. The van der Waals surface area contributed by atoms with Gasteiger partial charge in [-0.25, -0.2) is 0 Å². The molecule has 0 amide bonds. The monoisotopic (exact) mass is 449 g/mol. The van der Waals surface area contributed by atoms with Crippen LogP contribution in [0.4, 0.5) is 0 Å². The van der Waals surface area contributed by atoms with Crippen LogP contribution in [0.1, 0.15) is 22.3 Å². The van der Waals surface area contributed by atoms with E-state index in [0.717, 1.165) is 22.1 Å². The molecule has 6 heteroatoms. The number of pyridine rings is 1. The Bertz CT molecular complexity index is 1450. The molecule has 4 aromatic rings. The number of aromatic nitrogens is 1. The fourth-order valence-electron chi connectivity index (χ4n) is 4.10. The minimum atomic E-state index is -0.151. The Balaban J connectivity index is 2.00. The molecule has 3 aromatic carbocycles. The molecule has 34 heavy (non-hydrogen) atoms. The number of hydrogen-bond acceptors (Lipinski definition) is 5. The molecule has 0 spiro atoms. The fraction of sp³-hybridized carbons (Fsp3) is 0.179. The number of nitrogens with zero attached hydrogens (tertiary/aromatic N) is 3. The number of hydrogen-bond donors (Lipinski definition) is 0. The Kier molecular flexibility index (Phi) is 6.91. The second kappa shape index (κ2) is 10.4. The van der Waals surface area contributed by atoms with E-state index >= 15 is 0 Å². The molecule has 0 radical (unpaired) electrons. The van der Waals surface area contributed by atoms with Gasteiger partial charge in [-0.15, -0.1) is 0 Å². The molecule has 168 valence electrons. The number of rotatable bonds is 8. The maximum Gasteiger partial charge on any atom is 0.255 e. The third-order valence-corrected chi connectivity index (χ3v) is 5.68. The van der Waals surface area contributed by atoms with Gasteiger partial charge in [0.25, 0.3) is 5.56 Å². The number of ether oxygens (including phenoxy) is 2. The lowest BCUT2D eigenvalue weighted by atomic mass is 9.97. The zero-order valence-electron chi connectivity index (χ0n) is 18.8. The predicted molar refractivity (Wildman–Crippen MR) is 130 cm³/mol. The van der Waals surface area contributed by atoms with Gasteiger partial charge in [0.2, 0.25) is 0 Å². The first-order valence-corrected chi connectivity index (χ1v) is 10.9. The SMILES string of the molecule is Cc1c(Cc2ccccc2)c(=O)n(Cc2ccccc2)c2cc(OCC#N)cc(OCC#N)c12. The number of nitriles is 2. The van der Waals surface area contributed by atoms with Gasteiger partial charge in [0, 0.05) is 29.5 Å². The Morgan fingerprint density at radius 1 is 0.853 bits per heavy atom. The molecule has 0 saturated carbocycles. The highest BCUT2D eigenvalue weighted by Gasteiger charge is 2.20. The van der Waals surface area contributed by atoms with Gasteiger partial charge in [-0.2, -0.15) is 10.5 Å². The number of fused-ring (bicyclic) bond motifs is 1. The third kappa shape index (κ3) is 4.77. The minimum absolute atomic E-state index is 0.0960. The van der Waals surface area contributed by atoms with E-state index in [-0.39, 0.29) is 18.8 Å². The Hall–Kier alpha value is -4.55. The summed E-state index contributed by atoms with van der Waals surface area (Å²) >= 11 is 0. The summed E-state index contributed by atoms with van der Waals surface area (Å²) in [6.45, 7) is 1.97. The van der Waals surface area contributed by atoms with Gasteiger partial charge in [0.05, 0.1) is 12.1 Å². The van der Waals surface area contributed by atoms with Gasteiger partial charge >= 0.3 is 0 Å². The van der Waals surface area contributed by atoms with Crippen LogP contribution in [0.15, 0.2) is 77.6 Å². The molecule has 1 aromatic heterocycles. The number of benzene rings is 3. The van der Waals surface area contributed by atoms with Crippen molar-refractivity contribution in [3.63, 3.8) is 0 Å². The summed E-state index contributed by atoms with van der Waals surface area (Å²) in [5, 5.41) is 18.8. The first-order chi connectivity index (χ1) is 16.6. The first-order valence-electron chi connectivity index (χ1n) is 10.9. The van der Waals surface area contributed by atoms with Crippen LogP contribution >= 0.6 is 0 Å². The molecule has 1 heterocycles. The van der Waals surface area contributed by atoms with Gasteiger partial charge in [-0.3, -0.25) is 4.79 Å². The maximum absolute atomic E-state index is 13.8. The molecule has 0 aliphatic heterocycles. The van der Waals surface area contributed by atoms with E-state index in [9.17, 15) is 4.79 Å². The van der Waals surface area contributed by atoms with Crippen molar-refractivity contribution in [1.82, 2.24) is 4.57 Å². The van der Waals surface area contributed by atoms with Crippen molar-refractivity contribution >= 4 is 10.9 Å². The van der Waals surface area contributed by atoms with Gasteiger partial charge < -0.3 is 14.0 Å². The maximum atomic E-state index is 13.8. The summed E-state index contributed by atoms with van der Waals surface area (Å²) in [5.41, 5.74) is 4.01. The molecular weight excluding hydrogens is 426 g/mol. The molecular formula is C28H23N3O3. The van der Waals surface area contributed by atoms with Crippen LogP contribution < -0.4 is 15.0 Å². The van der Waals surface area contributed by atoms with Crippen molar-refractivity contribution in [3.05, 3.63) is 105 Å². The lowest BCUT2D eigenvalue weighted by Crippen LogP contribution is -2.26. The van der Waals surface area contributed by atoms with E-state index in [1.54, 1.807) is 16.7 Å². The van der Waals surface area contributed by atoms with Crippen LogP contribution in [-0.2, 0) is 13.0 Å². The van der Waals surface area contributed by atoms with Gasteiger partial charge in [0.1, 0.15) is 23.6 Å². The molecule has 0 fully saturated rings. The second-order valence-electron chi connectivity index (χ2n) is 7.85. The van der Waals surface area contributed by atoms with Gasteiger partial charge in [-0.1, -0.05) is 60.7 Å². The largest absolute Gasteiger partial charge is 0.479 e. The summed E-state index contributed by atoms with van der Waals surface area (Å²) in [4.78, 5) is 13.8. The van der Waals surface area contributed by atoms with Gasteiger partial charge in [-0.05, 0) is 23.6 Å². The quantitative estimate of drug-likeness (QED) is 0.387. The average molecular weight is 450 g/mol. The standard InChI is InChI=1S/C28H23N3O3/c1-20-24(16-21-8-4-2-5-9-21)28(32)31(19-22-10-6-3-7-11-22)25-17-23(33-14-12-29)18-26(27(20)25)34-15-13-30/h2-11,17-18H,14-16,19H2,1H3. The van der Waals surface area contributed by atoms with Crippen molar-refractivity contribution in [3.8, 4) is 23.6 Å². The molecule has 6 nitrogen and oxygen atoms in total. The number of aryl methyl sites for hydroxylation is 1. The van der Waals surface area contributed by atoms with Crippen molar-refractivity contribution in [2.24, 2.45) is 0 Å². The summed E-state index contributed by atoms with van der Waals surface area (Å²) in [5.74, 6) is 0.846. The van der Waals surface area contributed by atoms with E-state index in [1.807, 2.05) is 79.7 Å². The highest BCUT2D eigenvalue weighted by Crippen LogP contribution is 2.35. The summed E-state index contributed by atoms with van der Waals surface area (Å²) in [7, 11) is 0. The lowest BCUT2D eigenvalue weighted by Gasteiger charge is -2.20. The van der Waals surface area contributed by atoms with E-state index in [2.05, 4.69) is 0 Å². The van der Waals surface area contributed by atoms with E-state index in [4.69, 9.17) is 20.0 Å². The molecule has 0 atom stereocenters. The molecule has 0 aliphatic carbocycles. The summed E-state index contributed by atoms with van der Waals surface area (Å²) in [6, 6.07) is 27.0. The molecule has 4 rings (SSSR count). The lowest BCUT2D eigenvalue weighted by molar-refractivity contribution is 0.352. The molecule has 0 unspecified atom stereocenters. The Labute approximate surface area is 197 Å². The molecule has 0 bridgehead atoms. The average Bonchev–Trinajstić information content (AvgIpc) is 2.87. The Morgan fingerprint density at radius 2 is 1.47 bits per heavy atom. The fourth-order valence-corrected chi connectivity index (χ4v) is 4.10. The zero-order chi connectivity index (χ0) is 23.9. The zero-order valence-corrected chi connectivity index (χ0v) is 18.8. The van der Waals surface area contributed by atoms with Crippen molar-refractivity contribution < 1.29 is 9.47 Å². The summed E-state index contributed by atoms with van der Waals surface area (Å²) < 4.78 is 13.1. The topological polar surface area (TPSA) is 88.0 Å². The highest BCUT2D eigenvalue weighted by atomic mass is 16.5. The van der Waals surface area contributed by atoms with Crippen molar-refractivity contribution in [2.45, 2.75) is 19.9 Å². The van der Waals surface area contributed by atoms with Crippen LogP contribution in [0.5, 0.6) is 11.5 Å². The normalized spacial score (nSPS) is 10.4. The Morgan fingerprint density at radius 3 is 2.12 bits per heavy atom. The molecule has 0 aliphatic rings. The molecule has 0 saturated heterocycles. The van der Waals surface area contributed by atoms with Crippen molar-refractivity contribution in [2.75, 3.05) is 13.2 Å². The van der Waals surface area contributed by atoms with E-state index in [0.29, 0.717) is 35.5 Å². The summed E-state index contributed by atoms with van der Waals surface area (Å²) in [6.07, 6.45) is 0.473. The second-order valence-corrected chi connectivity index (χ2v) is 7.85. The van der Waals surface area contributed by atoms with Crippen LogP contribution in [0.25, 0.3) is 10.9 Å². The minimum Gasteiger partial charge on any atom is -0.479 e. The molecule has 0 N–H and O–H groups in total. The van der Waals surface area contributed by atoms with Crippen LogP contribution in [0, 0.1) is 29.6 Å². The van der Waals surface area contributed by atoms with E-state index < -0.39 is 0 Å². The highest BCUT2D eigenvalue weighted by molar-refractivity contribution is 5.91. The van der Waals surface area contributed by atoms with Crippen molar-refractivity contribution in [1.29, 1.82) is 10.5 Å².